The van der Waals surface area contributed by atoms with E-state index in [1.807, 2.05) is 0 Å². The molecular weight excluding hydrogens is 380 g/mol. The Kier molecular flexibility index (Phi) is 9.72. The molecule has 8 nitrogen and oxygen atoms in total. The second-order valence-corrected chi connectivity index (χ2v) is 8.84. The third-order valence-corrected chi connectivity index (χ3v) is 5.68. The normalized spacial score (nSPS) is 23.7. The van der Waals surface area contributed by atoms with Gasteiger partial charge < -0.3 is 14.3 Å². The number of hydrogen-bond acceptors (Lipinski definition) is 7. The summed E-state index contributed by atoms with van der Waals surface area (Å²) in [7, 11) is -10.3. The molecule has 0 heterocycles. The van der Waals surface area contributed by atoms with Gasteiger partial charge in [0.15, 0.2) is 10.3 Å². The Hall–Kier alpha value is 0.770. The molecule has 12 heteroatoms. The Morgan fingerprint density at radius 2 is 1.58 bits per heavy atom. The average molecular weight is 397 g/mol. The Morgan fingerprint density at radius 1 is 1.12 bits per heavy atom. The zero-order valence-corrected chi connectivity index (χ0v) is 20.2. The molecule has 0 N–H and O–H groups in total. The van der Waals surface area contributed by atoms with Crippen LogP contribution in [0.15, 0.2) is 23.1 Å². The summed E-state index contributed by atoms with van der Waals surface area (Å²) in [5.74, 6) is 0. The van der Waals surface area contributed by atoms with Gasteiger partial charge in [-0.1, -0.05) is 19.1 Å². The van der Waals surface area contributed by atoms with Crippen LogP contribution in [-0.4, -0.2) is 46.7 Å². The zero-order valence-electron chi connectivity index (χ0n) is 14.6. The standard InChI is InChI=1S/C12H19NO7S2.2Na/c1-5-12(22(18,19)20)8-6-7-9(21(15,16)17)10(12)13(14)11(2,3)4;;/h6-8H,5H2,1-4H3,(H,15,16,17)(H,18,19,20);;/q;2*+1/p-2. The first-order valence-electron chi connectivity index (χ1n) is 6.34. The van der Waals surface area contributed by atoms with Crippen molar-refractivity contribution < 1.29 is 89.8 Å². The number of hydroxylamine groups is 1. The van der Waals surface area contributed by atoms with Crippen molar-refractivity contribution in [2.75, 3.05) is 0 Å². The minimum atomic E-state index is -5.14. The summed E-state index contributed by atoms with van der Waals surface area (Å²) in [6, 6.07) is 0. The molecule has 0 saturated carbocycles. The Balaban J connectivity index is 0. The third-order valence-electron chi connectivity index (χ3n) is 3.30. The van der Waals surface area contributed by atoms with E-state index in [-0.39, 0.29) is 70.3 Å². The fourth-order valence-corrected chi connectivity index (χ4v) is 3.97. The minimum absolute atomic E-state index is 0. The molecule has 0 aromatic heterocycles. The van der Waals surface area contributed by atoms with E-state index in [2.05, 4.69) is 0 Å². The SMILES string of the molecule is CCC1(S(=O)(=O)[O-])C=CC=C(S(=O)(=O)[O-])C1=[N+]([O-])C(C)(C)C.[Na+].[Na+]. The topological polar surface area (TPSA) is 140 Å². The van der Waals surface area contributed by atoms with Gasteiger partial charge in [0.25, 0.3) is 0 Å². The van der Waals surface area contributed by atoms with E-state index in [0.29, 0.717) is 0 Å². The van der Waals surface area contributed by atoms with Crippen molar-refractivity contribution in [3.63, 3.8) is 0 Å². The van der Waals surface area contributed by atoms with Crippen LogP contribution in [0, 0.1) is 5.21 Å². The summed E-state index contributed by atoms with van der Waals surface area (Å²) < 4.78 is 67.2. The monoisotopic (exact) mass is 397 g/mol. The van der Waals surface area contributed by atoms with Crippen molar-refractivity contribution >= 4 is 25.9 Å². The van der Waals surface area contributed by atoms with Crippen molar-refractivity contribution in [1.82, 2.24) is 0 Å². The molecule has 1 unspecified atom stereocenters. The predicted octanol–water partition coefficient (Wildman–Crippen LogP) is -5.56. The maximum atomic E-state index is 12.5. The van der Waals surface area contributed by atoms with Crippen molar-refractivity contribution in [3.05, 3.63) is 28.3 Å². The van der Waals surface area contributed by atoms with Gasteiger partial charge in [-0.3, -0.25) is 0 Å². The van der Waals surface area contributed by atoms with Crippen LogP contribution in [0.4, 0.5) is 0 Å². The molecule has 1 aliphatic rings. The van der Waals surface area contributed by atoms with Crippen molar-refractivity contribution in [2.45, 2.75) is 44.4 Å². The molecule has 0 aliphatic heterocycles. The van der Waals surface area contributed by atoms with Gasteiger partial charge in [-0.25, -0.2) is 21.6 Å². The molecule has 0 amide bonds. The number of allylic oxidation sites excluding steroid dienone is 3. The van der Waals surface area contributed by atoms with E-state index in [0.717, 1.165) is 18.2 Å². The van der Waals surface area contributed by atoms with E-state index >= 15 is 0 Å². The molecule has 24 heavy (non-hydrogen) atoms. The molecule has 1 atom stereocenters. The van der Waals surface area contributed by atoms with Crippen molar-refractivity contribution in [1.29, 1.82) is 0 Å². The first-order chi connectivity index (χ1) is 9.68. The largest absolute Gasteiger partial charge is 1.00 e. The van der Waals surface area contributed by atoms with Gasteiger partial charge in [-0.05, 0) is 12.5 Å². The maximum Gasteiger partial charge on any atom is 1.00 e. The van der Waals surface area contributed by atoms with Gasteiger partial charge in [-0.2, -0.15) is 0 Å². The van der Waals surface area contributed by atoms with E-state index in [9.17, 15) is 31.1 Å². The molecule has 0 aromatic carbocycles. The Labute approximate surface area is 186 Å². The number of hydrogen-bond donors (Lipinski definition) is 0. The number of rotatable bonds is 3. The van der Waals surface area contributed by atoms with Gasteiger partial charge in [0.05, 0.1) is 0 Å². The quantitative estimate of drug-likeness (QED) is 0.152. The molecule has 126 valence electrons. The second kappa shape index (κ2) is 8.64. The molecule has 1 rings (SSSR count). The van der Waals surface area contributed by atoms with Crippen LogP contribution in [0.2, 0.25) is 0 Å². The molecule has 0 aromatic rings. The van der Waals surface area contributed by atoms with Gasteiger partial charge in [0.2, 0.25) is 5.71 Å². The maximum absolute atomic E-state index is 12.5. The van der Waals surface area contributed by atoms with Crippen LogP contribution >= 0.6 is 0 Å². The second-order valence-electron chi connectivity index (χ2n) is 5.86. The smallest absolute Gasteiger partial charge is 0.747 e. The first kappa shape index (κ1) is 27.0. The minimum Gasteiger partial charge on any atom is -0.747 e. The summed E-state index contributed by atoms with van der Waals surface area (Å²) in [6.45, 7) is 5.52. The van der Waals surface area contributed by atoms with Gasteiger partial charge in [0, 0.05) is 20.8 Å². The summed E-state index contributed by atoms with van der Waals surface area (Å²) in [4.78, 5) is -0.999. The molecule has 0 spiro atoms. The summed E-state index contributed by atoms with van der Waals surface area (Å²) >= 11 is 0. The fraction of sp³-hybridized carbons (Fsp3) is 0.583. The molecule has 0 saturated heterocycles. The van der Waals surface area contributed by atoms with Gasteiger partial charge in [-0.15, -0.1) is 0 Å². The van der Waals surface area contributed by atoms with Crippen molar-refractivity contribution in [2.24, 2.45) is 0 Å². The molecule has 0 fully saturated rings. The zero-order chi connectivity index (χ0) is 17.6. The Bertz CT molecular complexity index is 777. The Morgan fingerprint density at radius 3 is 1.88 bits per heavy atom. The molecule has 0 bridgehead atoms. The third kappa shape index (κ3) is 5.15. The molecular formula is C12H17NNa2O7S2. The predicted molar refractivity (Wildman–Crippen MR) is 78.0 cm³/mol. The van der Waals surface area contributed by atoms with E-state index in [1.165, 1.54) is 27.7 Å². The van der Waals surface area contributed by atoms with Crippen LogP contribution < -0.4 is 59.1 Å². The average Bonchev–Trinajstić information content (AvgIpc) is 2.33. The summed E-state index contributed by atoms with van der Waals surface area (Å²) in [6.07, 6.45) is 2.37. The van der Waals surface area contributed by atoms with E-state index in [1.54, 1.807) is 0 Å². The van der Waals surface area contributed by atoms with E-state index < -0.39 is 41.1 Å². The van der Waals surface area contributed by atoms with Gasteiger partial charge >= 0.3 is 59.1 Å². The number of nitrogens with zero attached hydrogens (tertiary/aromatic N) is 1. The van der Waals surface area contributed by atoms with Crippen LogP contribution in [-0.2, 0) is 20.2 Å². The molecule has 0 radical (unpaired) electrons. The van der Waals surface area contributed by atoms with Crippen LogP contribution in [0.5, 0.6) is 0 Å². The van der Waals surface area contributed by atoms with Crippen LogP contribution in [0.25, 0.3) is 0 Å². The van der Waals surface area contributed by atoms with Crippen LogP contribution in [0.3, 0.4) is 0 Å². The summed E-state index contributed by atoms with van der Waals surface area (Å²) in [5.41, 5.74) is -2.11. The van der Waals surface area contributed by atoms with Gasteiger partial charge in [0.1, 0.15) is 25.1 Å². The van der Waals surface area contributed by atoms with Crippen LogP contribution in [0.1, 0.15) is 34.1 Å². The summed E-state index contributed by atoms with van der Waals surface area (Å²) in [5, 5.41) is 12.5. The van der Waals surface area contributed by atoms with Crippen molar-refractivity contribution in [3.8, 4) is 0 Å². The first-order valence-corrected chi connectivity index (χ1v) is 9.16. The molecule has 1 aliphatic carbocycles. The van der Waals surface area contributed by atoms with E-state index in [4.69, 9.17) is 0 Å². The fourth-order valence-electron chi connectivity index (χ4n) is 2.13.